The van der Waals surface area contributed by atoms with Gasteiger partial charge in [0.1, 0.15) is 5.69 Å². The maximum absolute atomic E-state index is 12.9. The third kappa shape index (κ3) is 3.15. The smallest absolute Gasteiger partial charge is 0.271 e. The first-order valence-corrected chi connectivity index (χ1v) is 10.6. The number of aromatic nitrogens is 1. The van der Waals surface area contributed by atoms with Crippen molar-refractivity contribution in [3.63, 3.8) is 0 Å². The molecule has 5 heteroatoms. The molecule has 1 N–H and O–H groups in total. The summed E-state index contributed by atoms with van der Waals surface area (Å²) in [6.45, 7) is 2.16. The third-order valence-electron chi connectivity index (χ3n) is 5.92. The van der Waals surface area contributed by atoms with Gasteiger partial charge in [-0.1, -0.05) is 55.3 Å². The molecule has 2 atom stereocenters. The van der Waals surface area contributed by atoms with Crippen LogP contribution < -0.4 is 5.32 Å². The van der Waals surface area contributed by atoms with Gasteiger partial charge in [0.2, 0.25) is 0 Å². The molecular formula is C22H23N3OS. The molecule has 2 fully saturated rings. The van der Waals surface area contributed by atoms with E-state index in [4.69, 9.17) is 0 Å². The Labute approximate surface area is 163 Å². The molecule has 2 aliphatic rings. The minimum absolute atomic E-state index is 0.0254. The number of rotatable bonds is 3. The van der Waals surface area contributed by atoms with Gasteiger partial charge >= 0.3 is 0 Å². The summed E-state index contributed by atoms with van der Waals surface area (Å²) in [5, 5.41) is 4.20. The van der Waals surface area contributed by atoms with E-state index in [2.05, 4.69) is 38.9 Å². The second kappa shape index (κ2) is 7.06. The number of carbonyl (C=O) groups is 1. The van der Waals surface area contributed by atoms with Gasteiger partial charge < -0.3 is 5.32 Å². The molecule has 0 saturated carbocycles. The van der Waals surface area contributed by atoms with Gasteiger partial charge in [-0.3, -0.25) is 9.69 Å². The SMILES string of the molecule is O=C(N[C@H]1CN2CCCCCC12)c1nsc2cc(-c3ccccc3)ccc12. The van der Waals surface area contributed by atoms with Crippen molar-refractivity contribution in [3.05, 3.63) is 54.2 Å². The predicted molar refractivity (Wildman–Crippen MR) is 110 cm³/mol. The average molecular weight is 378 g/mol. The van der Waals surface area contributed by atoms with Crippen LogP contribution in [0.1, 0.15) is 36.2 Å². The first-order chi connectivity index (χ1) is 13.3. The van der Waals surface area contributed by atoms with Gasteiger partial charge in [0, 0.05) is 18.0 Å². The lowest BCUT2D eigenvalue weighted by molar-refractivity contribution is 0.0410. The molecule has 4 nitrogen and oxygen atoms in total. The number of fused-ring (bicyclic) bond motifs is 2. The standard InChI is InChI=1S/C22H23N3OS/c26-22(23-18-14-25-12-6-2-5-9-19(18)25)21-17-11-10-16(13-20(17)27-24-21)15-7-3-1-4-8-15/h1,3-4,7-8,10-11,13,18-19H,2,5-6,9,12,14H2,(H,23,26)/t18-,19?/m0/s1. The zero-order valence-electron chi connectivity index (χ0n) is 15.2. The summed E-state index contributed by atoms with van der Waals surface area (Å²) in [5.74, 6) is -0.0254. The van der Waals surface area contributed by atoms with Crippen LogP contribution in [0.4, 0.5) is 0 Å². The van der Waals surface area contributed by atoms with Crippen molar-refractivity contribution < 1.29 is 4.79 Å². The van der Waals surface area contributed by atoms with Crippen LogP contribution in [0.15, 0.2) is 48.5 Å². The number of carbonyl (C=O) groups excluding carboxylic acids is 1. The van der Waals surface area contributed by atoms with E-state index in [0.29, 0.717) is 11.7 Å². The molecule has 0 spiro atoms. The Bertz CT molecular complexity index is 968. The molecule has 0 bridgehead atoms. The van der Waals surface area contributed by atoms with Crippen LogP contribution in [-0.4, -0.2) is 40.4 Å². The summed E-state index contributed by atoms with van der Waals surface area (Å²) in [6, 6.07) is 17.4. The van der Waals surface area contributed by atoms with E-state index in [0.717, 1.165) is 22.2 Å². The highest BCUT2D eigenvalue weighted by atomic mass is 32.1. The maximum atomic E-state index is 12.9. The van der Waals surface area contributed by atoms with E-state index in [-0.39, 0.29) is 11.9 Å². The minimum atomic E-state index is -0.0254. The summed E-state index contributed by atoms with van der Waals surface area (Å²) in [6.07, 6.45) is 5.07. The molecule has 1 amide bonds. The topological polar surface area (TPSA) is 45.2 Å². The summed E-state index contributed by atoms with van der Waals surface area (Å²) >= 11 is 1.41. The lowest BCUT2D eigenvalue weighted by Gasteiger charge is -2.47. The average Bonchev–Trinajstić information content (AvgIpc) is 3.03. The Morgan fingerprint density at radius 1 is 1.07 bits per heavy atom. The molecule has 27 heavy (non-hydrogen) atoms. The lowest BCUT2D eigenvalue weighted by Crippen LogP contribution is -2.66. The van der Waals surface area contributed by atoms with E-state index in [1.807, 2.05) is 24.3 Å². The first-order valence-electron chi connectivity index (χ1n) is 9.79. The Morgan fingerprint density at radius 2 is 1.96 bits per heavy atom. The van der Waals surface area contributed by atoms with E-state index < -0.39 is 0 Å². The third-order valence-corrected chi connectivity index (χ3v) is 6.73. The number of hydrogen-bond acceptors (Lipinski definition) is 4. The quantitative estimate of drug-likeness (QED) is 0.739. The number of benzene rings is 2. The van der Waals surface area contributed by atoms with Crippen molar-refractivity contribution in [2.75, 3.05) is 13.1 Å². The summed E-state index contributed by atoms with van der Waals surface area (Å²) in [4.78, 5) is 15.4. The number of nitrogens with zero attached hydrogens (tertiary/aromatic N) is 2. The van der Waals surface area contributed by atoms with Crippen molar-refractivity contribution in [2.45, 2.75) is 37.8 Å². The van der Waals surface area contributed by atoms with Crippen LogP contribution in [0.2, 0.25) is 0 Å². The van der Waals surface area contributed by atoms with E-state index in [1.54, 1.807) is 0 Å². The second-order valence-electron chi connectivity index (χ2n) is 7.60. The molecule has 5 rings (SSSR count). The van der Waals surface area contributed by atoms with Crippen LogP contribution in [0.25, 0.3) is 21.2 Å². The van der Waals surface area contributed by atoms with Crippen molar-refractivity contribution in [2.24, 2.45) is 0 Å². The molecule has 1 aromatic heterocycles. The molecule has 2 aromatic carbocycles. The molecule has 1 unspecified atom stereocenters. The highest BCUT2D eigenvalue weighted by molar-refractivity contribution is 7.13. The van der Waals surface area contributed by atoms with Crippen LogP contribution in [-0.2, 0) is 0 Å². The number of hydrogen-bond donors (Lipinski definition) is 1. The zero-order valence-corrected chi connectivity index (χ0v) is 16.0. The second-order valence-corrected chi connectivity index (χ2v) is 8.40. The highest BCUT2D eigenvalue weighted by Gasteiger charge is 2.40. The Hall–Kier alpha value is -2.24. The minimum Gasteiger partial charge on any atom is -0.345 e. The van der Waals surface area contributed by atoms with Gasteiger partial charge in [0.25, 0.3) is 5.91 Å². The predicted octanol–water partition coefficient (Wildman–Crippen LogP) is 4.32. The molecular weight excluding hydrogens is 354 g/mol. The van der Waals surface area contributed by atoms with E-state index in [9.17, 15) is 4.79 Å². The molecule has 2 aliphatic heterocycles. The summed E-state index contributed by atoms with van der Waals surface area (Å²) < 4.78 is 5.54. The highest BCUT2D eigenvalue weighted by Crippen LogP contribution is 2.30. The number of nitrogens with one attached hydrogen (secondary N) is 1. The van der Waals surface area contributed by atoms with Crippen LogP contribution in [0.3, 0.4) is 0 Å². The lowest BCUT2D eigenvalue weighted by atomic mass is 9.93. The van der Waals surface area contributed by atoms with Gasteiger partial charge in [0.05, 0.1) is 10.7 Å². The molecule has 0 aliphatic carbocycles. The van der Waals surface area contributed by atoms with Gasteiger partial charge in [-0.15, -0.1) is 0 Å². The van der Waals surface area contributed by atoms with Gasteiger partial charge in [0.15, 0.2) is 0 Å². The fourth-order valence-corrected chi connectivity index (χ4v) is 5.22. The fourth-order valence-electron chi connectivity index (χ4n) is 4.40. The van der Waals surface area contributed by atoms with Crippen LogP contribution >= 0.6 is 11.5 Å². The van der Waals surface area contributed by atoms with Crippen LogP contribution in [0.5, 0.6) is 0 Å². The molecule has 2 saturated heterocycles. The molecule has 3 aromatic rings. The molecule has 3 heterocycles. The summed E-state index contributed by atoms with van der Waals surface area (Å²) in [7, 11) is 0. The monoisotopic (exact) mass is 377 g/mol. The largest absolute Gasteiger partial charge is 0.345 e. The normalized spacial score (nSPS) is 22.7. The van der Waals surface area contributed by atoms with Crippen molar-refractivity contribution in [1.82, 2.24) is 14.6 Å². The van der Waals surface area contributed by atoms with E-state index >= 15 is 0 Å². The Kier molecular flexibility index (Phi) is 4.42. The molecule has 138 valence electrons. The van der Waals surface area contributed by atoms with E-state index in [1.165, 1.54) is 49.3 Å². The van der Waals surface area contributed by atoms with Crippen molar-refractivity contribution >= 4 is 27.5 Å². The van der Waals surface area contributed by atoms with Crippen LogP contribution in [0, 0.1) is 0 Å². The summed E-state index contributed by atoms with van der Waals surface area (Å²) in [5.41, 5.74) is 2.91. The fraction of sp³-hybridized carbons (Fsp3) is 0.364. The zero-order chi connectivity index (χ0) is 18.2. The number of amides is 1. The van der Waals surface area contributed by atoms with Gasteiger partial charge in [-0.05, 0) is 48.1 Å². The van der Waals surface area contributed by atoms with Gasteiger partial charge in [-0.2, -0.15) is 4.37 Å². The van der Waals surface area contributed by atoms with Crippen molar-refractivity contribution in [3.8, 4) is 11.1 Å². The molecule has 0 radical (unpaired) electrons. The first kappa shape index (κ1) is 16.9. The maximum Gasteiger partial charge on any atom is 0.271 e. The van der Waals surface area contributed by atoms with Crippen molar-refractivity contribution in [1.29, 1.82) is 0 Å². The Morgan fingerprint density at radius 3 is 2.85 bits per heavy atom. The Balaban J connectivity index is 1.35. The van der Waals surface area contributed by atoms with Gasteiger partial charge in [-0.25, -0.2) is 0 Å².